The second-order valence-corrected chi connectivity index (χ2v) is 3.60. The lowest BCUT2D eigenvalue weighted by molar-refractivity contribution is 0.196. The summed E-state index contributed by atoms with van der Waals surface area (Å²) in [5.74, 6) is 0.895. The normalized spacial score (nSPS) is 13.1. The zero-order chi connectivity index (χ0) is 10.4. The van der Waals surface area contributed by atoms with Crippen molar-refractivity contribution in [2.24, 2.45) is 7.05 Å². The Morgan fingerprint density at radius 1 is 1.71 bits per heavy atom. The minimum atomic E-state index is -0.00627. The van der Waals surface area contributed by atoms with E-state index in [1.165, 1.54) is 6.33 Å². The Labute approximate surface area is 88.4 Å². The molecule has 1 rings (SSSR count). The average molecular weight is 219 g/mol. The van der Waals surface area contributed by atoms with E-state index in [-0.39, 0.29) is 5.38 Å². The van der Waals surface area contributed by atoms with E-state index in [4.69, 9.17) is 16.3 Å². The summed E-state index contributed by atoms with van der Waals surface area (Å²) in [5, 5.41) is 7.13. The van der Waals surface area contributed by atoms with E-state index in [9.17, 15) is 0 Å². The van der Waals surface area contributed by atoms with Crippen molar-refractivity contribution in [3.63, 3.8) is 0 Å². The fraction of sp³-hybridized carbons (Fsp3) is 0.750. The first-order valence-electron chi connectivity index (χ1n) is 4.40. The van der Waals surface area contributed by atoms with Gasteiger partial charge in [-0.1, -0.05) is 0 Å². The lowest BCUT2D eigenvalue weighted by Gasteiger charge is -2.08. The Morgan fingerprint density at radius 2 is 2.50 bits per heavy atom. The largest absolute Gasteiger partial charge is 0.383 e. The highest BCUT2D eigenvalue weighted by atomic mass is 35.5. The summed E-state index contributed by atoms with van der Waals surface area (Å²) in [6.07, 6.45) is 1.53. The highest BCUT2D eigenvalue weighted by Gasteiger charge is 2.04. The topological polar surface area (TPSA) is 52.0 Å². The fourth-order valence-electron chi connectivity index (χ4n) is 1.06. The molecule has 1 aromatic rings. The van der Waals surface area contributed by atoms with Gasteiger partial charge < -0.3 is 10.1 Å². The number of hydrogen-bond acceptors (Lipinski definition) is 4. The maximum atomic E-state index is 5.93. The van der Waals surface area contributed by atoms with Crippen LogP contribution in [0.4, 0.5) is 0 Å². The number of methoxy groups -OCH3 is 1. The van der Waals surface area contributed by atoms with Crippen LogP contribution in [0, 0.1) is 0 Å². The van der Waals surface area contributed by atoms with Gasteiger partial charge in [0.25, 0.3) is 0 Å². The molecule has 80 valence electrons. The minimum absolute atomic E-state index is 0.00627. The summed E-state index contributed by atoms with van der Waals surface area (Å²) >= 11 is 5.93. The van der Waals surface area contributed by atoms with Gasteiger partial charge in [0.1, 0.15) is 12.2 Å². The summed E-state index contributed by atoms with van der Waals surface area (Å²) in [4.78, 5) is 4.07. The Kier molecular flexibility index (Phi) is 4.86. The molecular weight excluding hydrogens is 204 g/mol. The molecule has 1 N–H and O–H groups in total. The zero-order valence-corrected chi connectivity index (χ0v) is 9.16. The minimum Gasteiger partial charge on any atom is -0.383 e. The Hall–Kier alpha value is -0.650. The van der Waals surface area contributed by atoms with Gasteiger partial charge in [-0.05, 0) is 0 Å². The van der Waals surface area contributed by atoms with Gasteiger partial charge in [0.2, 0.25) is 0 Å². The van der Waals surface area contributed by atoms with Gasteiger partial charge in [-0.15, -0.1) is 11.6 Å². The van der Waals surface area contributed by atoms with Gasteiger partial charge in [-0.3, -0.25) is 4.68 Å². The van der Waals surface area contributed by atoms with Crippen LogP contribution >= 0.6 is 11.6 Å². The van der Waals surface area contributed by atoms with Gasteiger partial charge in [0.05, 0.1) is 18.5 Å². The van der Waals surface area contributed by atoms with Crippen LogP contribution in [0.5, 0.6) is 0 Å². The van der Waals surface area contributed by atoms with Crippen molar-refractivity contribution in [3.05, 3.63) is 12.2 Å². The molecule has 0 aliphatic rings. The maximum Gasteiger partial charge on any atom is 0.140 e. The first kappa shape index (κ1) is 11.4. The Morgan fingerprint density at radius 3 is 3.07 bits per heavy atom. The van der Waals surface area contributed by atoms with Crippen LogP contribution in [0.15, 0.2) is 6.33 Å². The van der Waals surface area contributed by atoms with Crippen LogP contribution in [-0.2, 0) is 18.3 Å². The highest BCUT2D eigenvalue weighted by molar-refractivity contribution is 6.20. The van der Waals surface area contributed by atoms with Crippen molar-refractivity contribution in [1.29, 1.82) is 0 Å². The molecule has 0 bridgehead atoms. The third-order valence-corrected chi connectivity index (χ3v) is 2.08. The molecule has 0 aliphatic carbocycles. The van der Waals surface area contributed by atoms with E-state index < -0.39 is 0 Å². The third-order valence-electron chi connectivity index (χ3n) is 1.80. The van der Waals surface area contributed by atoms with Crippen molar-refractivity contribution >= 4 is 11.6 Å². The van der Waals surface area contributed by atoms with Crippen LogP contribution in [0.3, 0.4) is 0 Å². The number of alkyl halides is 1. The molecule has 14 heavy (non-hydrogen) atoms. The monoisotopic (exact) mass is 218 g/mol. The van der Waals surface area contributed by atoms with E-state index >= 15 is 0 Å². The average Bonchev–Trinajstić information content (AvgIpc) is 2.52. The van der Waals surface area contributed by atoms with E-state index in [2.05, 4.69) is 15.4 Å². The Balaban J connectivity index is 2.19. The van der Waals surface area contributed by atoms with Gasteiger partial charge in [-0.25, -0.2) is 4.98 Å². The quantitative estimate of drug-likeness (QED) is 0.692. The lowest BCUT2D eigenvalue weighted by atomic mass is 10.4. The van der Waals surface area contributed by atoms with Gasteiger partial charge >= 0.3 is 0 Å². The molecular formula is C8H15ClN4O. The second-order valence-electron chi connectivity index (χ2n) is 2.98. The van der Waals surface area contributed by atoms with E-state index in [0.29, 0.717) is 19.7 Å². The number of nitrogens with one attached hydrogen (secondary N) is 1. The molecule has 6 heteroatoms. The summed E-state index contributed by atoms with van der Waals surface area (Å²) in [5.41, 5.74) is 0. The fourth-order valence-corrected chi connectivity index (χ4v) is 1.30. The molecule has 1 heterocycles. The summed E-state index contributed by atoms with van der Waals surface area (Å²) in [6, 6.07) is 0. The van der Waals surface area contributed by atoms with Crippen LogP contribution < -0.4 is 5.32 Å². The second kappa shape index (κ2) is 5.95. The first-order chi connectivity index (χ1) is 6.74. The lowest BCUT2D eigenvalue weighted by Crippen LogP contribution is -2.27. The number of ether oxygens (including phenoxy) is 1. The van der Waals surface area contributed by atoms with Gasteiger partial charge in [0.15, 0.2) is 0 Å². The molecule has 0 amide bonds. The molecule has 0 saturated carbocycles. The van der Waals surface area contributed by atoms with Gasteiger partial charge in [0, 0.05) is 20.7 Å². The molecule has 1 atom stereocenters. The molecule has 0 aromatic carbocycles. The van der Waals surface area contributed by atoms with E-state index in [1.807, 2.05) is 7.05 Å². The molecule has 1 unspecified atom stereocenters. The van der Waals surface area contributed by atoms with Crippen LogP contribution in [0.1, 0.15) is 5.82 Å². The Bertz CT molecular complexity index is 266. The van der Waals surface area contributed by atoms with Crippen molar-refractivity contribution in [2.75, 3.05) is 20.3 Å². The van der Waals surface area contributed by atoms with Crippen molar-refractivity contribution in [1.82, 2.24) is 20.1 Å². The molecule has 0 aliphatic heterocycles. The zero-order valence-electron chi connectivity index (χ0n) is 8.40. The predicted molar refractivity (Wildman–Crippen MR) is 54.2 cm³/mol. The van der Waals surface area contributed by atoms with Crippen LogP contribution in [0.2, 0.25) is 0 Å². The smallest absolute Gasteiger partial charge is 0.140 e. The van der Waals surface area contributed by atoms with Crippen molar-refractivity contribution in [3.8, 4) is 0 Å². The molecule has 5 nitrogen and oxygen atoms in total. The number of aryl methyl sites for hydroxylation is 1. The maximum absolute atomic E-state index is 5.93. The van der Waals surface area contributed by atoms with Gasteiger partial charge in [-0.2, -0.15) is 5.10 Å². The molecule has 0 radical (unpaired) electrons. The summed E-state index contributed by atoms with van der Waals surface area (Å²) in [6.45, 7) is 1.92. The summed E-state index contributed by atoms with van der Waals surface area (Å²) < 4.78 is 6.64. The van der Waals surface area contributed by atoms with Crippen LogP contribution in [-0.4, -0.2) is 40.4 Å². The third kappa shape index (κ3) is 3.61. The molecule has 0 saturated heterocycles. The van der Waals surface area contributed by atoms with Crippen LogP contribution in [0.25, 0.3) is 0 Å². The number of hydrogen-bond donors (Lipinski definition) is 1. The number of rotatable bonds is 6. The molecule has 1 aromatic heterocycles. The van der Waals surface area contributed by atoms with Crippen molar-refractivity contribution < 1.29 is 4.74 Å². The first-order valence-corrected chi connectivity index (χ1v) is 4.84. The number of aromatic nitrogens is 3. The number of halogens is 1. The molecule has 0 spiro atoms. The highest BCUT2D eigenvalue weighted by Crippen LogP contribution is 1.95. The predicted octanol–water partition coefficient (Wildman–Crippen LogP) is 0.158. The molecule has 0 fully saturated rings. The number of nitrogens with zero attached hydrogens (tertiary/aromatic N) is 3. The summed E-state index contributed by atoms with van der Waals surface area (Å²) in [7, 11) is 3.50. The van der Waals surface area contributed by atoms with E-state index in [1.54, 1.807) is 11.8 Å². The SMILES string of the molecule is COCC(Cl)CNCc1ncnn1C. The van der Waals surface area contributed by atoms with E-state index in [0.717, 1.165) is 5.82 Å². The van der Waals surface area contributed by atoms with Crippen molar-refractivity contribution in [2.45, 2.75) is 11.9 Å². The standard InChI is InChI=1S/C8H15ClN4O/c1-13-8(11-6-12-13)4-10-3-7(9)5-14-2/h6-7,10H,3-5H2,1-2H3.